The Morgan fingerprint density at radius 1 is 0.935 bits per heavy atom. The van der Waals surface area contributed by atoms with Gasteiger partial charge in [0.25, 0.3) is 5.91 Å². The zero-order valence-corrected chi connectivity index (χ0v) is 18.6. The standard InChI is InChI=1S/C24H31N3O4/c1-5-17(3)19-8-6-7-9-21(19)31-15-24(30)27-26-23(29)13-12-22(28)25-20-11-10-16(2)14-18(20)4/h6-11,14,17H,5,12-13,15H2,1-4H3,(H,25,28)(H,26,29)(H,27,30). The SMILES string of the molecule is CCC(C)c1ccccc1OCC(=O)NNC(=O)CCC(=O)Nc1ccc(C)cc1C. The van der Waals surface area contributed by atoms with Crippen LogP contribution >= 0.6 is 0 Å². The van der Waals surface area contributed by atoms with Crippen molar-refractivity contribution in [3.8, 4) is 5.75 Å². The predicted octanol–water partition coefficient (Wildman–Crippen LogP) is 3.76. The van der Waals surface area contributed by atoms with Crippen LogP contribution in [0.2, 0.25) is 0 Å². The molecule has 0 spiro atoms. The second-order valence-electron chi connectivity index (χ2n) is 7.60. The Morgan fingerprint density at radius 3 is 2.32 bits per heavy atom. The number of nitrogens with one attached hydrogen (secondary N) is 3. The summed E-state index contributed by atoms with van der Waals surface area (Å²) in [6.45, 7) is 7.85. The largest absolute Gasteiger partial charge is 0.483 e. The quantitative estimate of drug-likeness (QED) is 0.533. The number of aryl methyl sites for hydroxylation is 2. The van der Waals surface area contributed by atoms with Crippen LogP contribution in [0.3, 0.4) is 0 Å². The van der Waals surface area contributed by atoms with Crippen molar-refractivity contribution >= 4 is 23.4 Å². The number of ether oxygens (including phenoxy) is 1. The van der Waals surface area contributed by atoms with Gasteiger partial charge in [0.1, 0.15) is 5.75 Å². The van der Waals surface area contributed by atoms with Crippen molar-refractivity contribution in [3.63, 3.8) is 0 Å². The van der Waals surface area contributed by atoms with Gasteiger partial charge in [-0.25, -0.2) is 0 Å². The second-order valence-corrected chi connectivity index (χ2v) is 7.60. The Kier molecular flexibility index (Phi) is 9.06. The highest BCUT2D eigenvalue weighted by atomic mass is 16.5. The van der Waals surface area contributed by atoms with Gasteiger partial charge in [-0.05, 0) is 49.4 Å². The third kappa shape index (κ3) is 7.77. The lowest BCUT2D eigenvalue weighted by atomic mass is 9.98. The predicted molar refractivity (Wildman–Crippen MR) is 121 cm³/mol. The second kappa shape index (κ2) is 11.7. The van der Waals surface area contributed by atoms with E-state index in [4.69, 9.17) is 4.74 Å². The van der Waals surface area contributed by atoms with Crippen molar-refractivity contribution in [2.45, 2.75) is 52.9 Å². The highest BCUT2D eigenvalue weighted by Crippen LogP contribution is 2.28. The lowest BCUT2D eigenvalue weighted by Crippen LogP contribution is -2.44. The molecule has 0 saturated heterocycles. The summed E-state index contributed by atoms with van der Waals surface area (Å²) in [5, 5.41) is 2.79. The first-order valence-electron chi connectivity index (χ1n) is 10.5. The van der Waals surface area contributed by atoms with E-state index in [0.29, 0.717) is 11.7 Å². The summed E-state index contributed by atoms with van der Waals surface area (Å²) >= 11 is 0. The van der Waals surface area contributed by atoms with Gasteiger partial charge in [0, 0.05) is 18.5 Å². The van der Waals surface area contributed by atoms with Gasteiger partial charge in [-0.3, -0.25) is 25.2 Å². The molecule has 166 valence electrons. The third-order valence-corrected chi connectivity index (χ3v) is 5.00. The van der Waals surface area contributed by atoms with E-state index in [2.05, 4.69) is 30.0 Å². The Balaban J connectivity index is 1.71. The number of carbonyl (C=O) groups excluding carboxylic acids is 3. The fourth-order valence-electron chi connectivity index (χ4n) is 3.01. The Hall–Kier alpha value is -3.35. The summed E-state index contributed by atoms with van der Waals surface area (Å²) in [7, 11) is 0. The zero-order valence-electron chi connectivity index (χ0n) is 18.6. The summed E-state index contributed by atoms with van der Waals surface area (Å²) in [5.74, 6) is -0.232. The van der Waals surface area contributed by atoms with Crippen LogP contribution in [0.15, 0.2) is 42.5 Å². The number of hydrazine groups is 1. The maximum absolute atomic E-state index is 12.1. The molecule has 1 atom stereocenters. The molecule has 0 aliphatic rings. The van der Waals surface area contributed by atoms with Gasteiger partial charge in [-0.15, -0.1) is 0 Å². The maximum Gasteiger partial charge on any atom is 0.276 e. The van der Waals surface area contributed by atoms with Crippen molar-refractivity contribution in [2.24, 2.45) is 0 Å². The minimum atomic E-state index is -0.480. The molecule has 0 aromatic heterocycles. The molecule has 0 saturated carbocycles. The number of hydrogen-bond acceptors (Lipinski definition) is 4. The van der Waals surface area contributed by atoms with E-state index in [1.54, 1.807) is 0 Å². The molecule has 31 heavy (non-hydrogen) atoms. The normalized spacial score (nSPS) is 11.4. The number of para-hydroxylation sites is 1. The van der Waals surface area contributed by atoms with E-state index >= 15 is 0 Å². The average Bonchev–Trinajstić information content (AvgIpc) is 2.76. The molecule has 1 unspecified atom stereocenters. The summed E-state index contributed by atoms with van der Waals surface area (Å²) < 4.78 is 5.61. The van der Waals surface area contributed by atoms with Gasteiger partial charge in [-0.1, -0.05) is 49.7 Å². The lowest BCUT2D eigenvalue weighted by Gasteiger charge is -2.15. The minimum absolute atomic E-state index is 0.00774. The van der Waals surface area contributed by atoms with Crippen molar-refractivity contribution in [2.75, 3.05) is 11.9 Å². The van der Waals surface area contributed by atoms with Crippen LogP contribution < -0.4 is 20.9 Å². The first-order valence-corrected chi connectivity index (χ1v) is 10.5. The van der Waals surface area contributed by atoms with Gasteiger partial charge in [0.2, 0.25) is 11.8 Å². The fraction of sp³-hybridized carbons (Fsp3) is 0.375. The average molecular weight is 426 g/mol. The van der Waals surface area contributed by atoms with Crippen LogP contribution in [0.25, 0.3) is 0 Å². The van der Waals surface area contributed by atoms with Gasteiger partial charge in [-0.2, -0.15) is 0 Å². The van der Waals surface area contributed by atoms with Crippen LogP contribution in [-0.4, -0.2) is 24.3 Å². The fourth-order valence-corrected chi connectivity index (χ4v) is 3.01. The highest BCUT2D eigenvalue weighted by molar-refractivity contribution is 5.94. The molecule has 0 aliphatic carbocycles. The number of carbonyl (C=O) groups is 3. The van der Waals surface area contributed by atoms with Gasteiger partial charge in [0.15, 0.2) is 6.61 Å². The molecule has 3 N–H and O–H groups in total. The molecule has 7 nitrogen and oxygen atoms in total. The van der Waals surface area contributed by atoms with Crippen molar-refractivity contribution in [3.05, 3.63) is 59.2 Å². The van der Waals surface area contributed by atoms with Gasteiger partial charge < -0.3 is 10.1 Å². The van der Waals surface area contributed by atoms with Crippen LogP contribution in [0.5, 0.6) is 5.75 Å². The molecule has 3 amide bonds. The van der Waals surface area contributed by atoms with E-state index < -0.39 is 11.8 Å². The van der Waals surface area contributed by atoms with E-state index in [-0.39, 0.29) is 25.4 Å². The first-order chi connectivity index (χ1) is 14.8. The molecule has 0 radical (unpaired) electrons. The highest BCUT2D eigenvalue weighted by Gasteiger charge is 2.12. The monoisotopic (exact) mass is 425 g/mol. The van der Waals surface area contributed by atoms with Crippen molar-refractivity contribution < 1.29 is 19.1 Å². The minimum Gasteiger partial charge on any atom is -0.483 e. The van der Waals surface area contributed by atoms with Crippen LogP contribution in [0, 0.1) is 13.8 Å². The number of rotatable bonds is 9. The zero-order chi connectivity index (χ0) is 22.8. The molecular formula is C24H31N3O4. The van der Waals surface area contributed by atoms with Gasteiger partial charge in [0.05, 0.1) is 0 Å². The summed E-state index contributed by atoms with van der Waals surface area (Å²) in [6.07, 6.45) is 0.919. The Labute approximate surface area is 183 Å². The van der Waals surface area contributed by atoms with Crippen molar-refractivity contribution in [1.82, 2.24) is 10.9 Å². The molecule has 2 aromatic rings. The molecule has 7 heteroatoms. The smallest absolute Gasteiger partial charge is 0.276 e. The topological polar surface area (TPSA) is 96.5 Å². The van der Waals surface area contributed by atoms with Crippen LogP contribution in [-0.2, 0) is 14.4 Å². The summed E-state index contributed by atoms with van der Waals surface area (Å²) in [4.78, 5) is 36.0. The molecule has 0 heterocycles. The van der Waals surface area contributed by atoms with Crippen molar-refractivity contribution in [1.29, 1.82) is 0 Å². The van der Waals surface area contributed by atoms with Crippen LogP contribution in [0.4, 0.5) is 5.69 Å². The number of anilines is 1. The number of amides is 3. The Morgan fingerprint density at radius 2 is 1.61 bits per heavy atom. The maximum atomic E-state index is 12.1. The van der Waals surface area contributed by atoms with E-state index in [0.717, 1.165) is 28.8 Å². The van der Waals surface area contributed by atoms with Gasteiger partial charge >= 0.3 is 0 Å². The molecule has 0 fully saturated rings. The summed E-state index contributed by atoms with van der Waals surface area (Å²) in [6, 6.07) is 13.3. The Bertz CT molecular complexity index is 927. The number of benzene rings is 2. The molecule has 0 bridgehead atoms. The van der Waals surface area contributed by atoms with E-state index in [1.165, 1.54) is 0 Å². The number of hydrogen-bond donors (Lipinski definition) is 3. The summed E-state index contributed by atoms with van der Waals surface area (Å²) in [5.41, 5.74) is 8.44. The van der Waals surface area contributed by atoms with E-state index in [9.17, 15) is 14.4 Å². The van der Waals surface area contributed by atoms with E-state index in [1.807, 2.05) is 56.3 Å². The molecule has 0 aliphatic heterocycles. The first kappa shape index (κ1) is 23.9. The molecule has 2 aromatic carbocycles. The molecular weight excluding hydrogens is 394 g/mol. The van der Waals surface area contributed by atoms with Crippen LogP contribution in [0.1, 0.15) is 55.7 Å². The third-order valence-electron chi connectivity index (χ3n) is 5.00. The lowest BCUT2D eigenvalue weighted by molar-refractivity contribution is -0.130. The molecule has 2 rings (SSSR count).